The van der Waals surface area contributed by atoms with Crippen LogP contribution in [0, 0.1) is 45.3 Å². The van der Waals surface area contributed by atoms with E-state index < -0.39 is 29.3 Å². The van der Waals surface area contributed by atoms with Gasteiger partial charge >= 0.3 is 0 Å². The molecular formula is C30H52O5. The average Bonchev–Trinajstić information content (AvgIpc) is 3.13. The van der Waals surface area contributed by atoms with Crippen LogP contribution in [0.1, 0.15) is 99.8 Å². The molecule has 4 aliphatic carbocycles. The molecule has 0 unspecified atom stereocenters. The first-order valence-electron chi connectivity index (χ1n) is 14.1. The Kier molecular flexibility index (Phi) is 6.93. The summed E-state index contributed by atoms with van der Waals surface area (Å²) in [7, 11) is 0. The summed E-state index contributed by atoms with van der Waals surface area (Å²) in [6.45, 7) is 14.8. The van der Waals surface area contributed by atoms with Crippen LogP contribution >= 0.6 is 0 Å². The van der Waals surface area contributed by atoms with Crippen molar-refractivity contribution in [3.63, 3.8) is 0 Å². The highest BCUT2D eigenvalue weighted by atomic mass is 16.3. The zero-order chi connectivity index (χ0) is 26.2. The van der Waals surface area contributed by atoms with Crippen molar-refractivity contribution in [1.29, 1.82) is 0 Å². The predicted molar refractivity (Wildman–Crippen MR) is 138 cm³/mol. The summed E-state index contributed by atoms with van der Waals surface area (Å²) >= 11 is 0. The Labute approximate surface area is 213 Å². The molecular weight excluding hydrogens is 440 g/mol. The van der Waals surface area contributed by atoms with Crippen LogP contribution in [0.25, 0.3) is 0 Å². The molecule has 0 aromatic heterocycles. The fourth-order valence-corrected chi connectivity index (χ4v) is 10.5. The van der Waals surface area contributed by atoms with Gasteiger partial charge in [0, 0.05) is 11.3 Å². The van der Waals surface area contributed by atoms with E-state index in [2.05, 4.69) is 40.7 Å². The smallest absolute Gasteiger partial charge is 0.0654 e. The van der Waals surface area contributed by atoms with Crippen molar-refractivity contribution in [2.24, 2.45) is 45.3 Å². The minimum atomic E-state index is -0.845. The van der Waals surface area contributed by atoms with Gasteiger partial charge in [-0.2, -0.15) is 0 Å². The average molecular weight is 493 g/mol. The number of allylic oxidation sites excluding steroid dienone is 2. The van der Waals surface area contributed by atoms with Gasteiger partial charge in [0.25, 0.3) is 0 Å². The molecule has 4 saturated carbocycles. The van der Waals surface area contributed by atoms with Crippen molar-refractivity contribution in [1.82, 2.24) is 0 Å². The summed E-state index contributed by atoms with van der Waals surface area (Å²) in [6, 6.07) is 0. The maximum atomic E-state index is 11.8. The minimum absolute atomic E-state index is 0.00351. The first-order chi connectivity index (χ1) is 16.1. The molecule has 0 radical (unpaired) electrons. The lowest BCUT2D eigenvalue weighted by Gasteiger charge is -2.71. The Hall–Kier alpha value is -0.460. The summed E-state index contributed by atoms with van der Waals surface area (Å²) in [4.78, 5) is 0. The summed E-state index contributed by atoms with van der Waals surface area (Å²) in [5.41, 5.74) is -0.989. The van der Waals surface area contributed by atoms with Crippen molar-refractivity contribution < 1.29 is 25.5 Å². The van der Waals surface area contributed by atoms with E-state index in [1.165, 1.54) is 5.57 Å². The Bertz CT molecular complexity index is 835. The fraction of sp³-hybridized carbons (Fsp3) is 0.933. The molecule has 4 fully saturated rings. The van der Waals surface area contributed by atoms with Gasteiger partial charge in [-0.05, 0) is 106 Å². The normalized spacial score (nSPS) is 53.2. The molecule has 5 nitrogen and oxygen atoms in total. The number of hydrogen-bond donors (Lipinski definition) is 5. The number of fused-ring (bicyclic) bond motifs is 5. The highest BCUT2D eigenvalue weighted by molar-refractivity contribution is 5.21. The van der Waals surface area contributed by atoms with Crippen molar-refractivity contribution >= 4 is 0 Å². The minimum Gasteiger partial charge on any atom is -0.396 e. The second-order valence-electron chi connectivity index (χ2n) is 14.5. The number of rotatable bonds is 5. The van der Waals surface area contributed by atoms with Crippen molar-refractivity contribution in [3.8, 4) is 0 Å². The molecule has 0 aliphatic heterocycles. The van der Waals surface area contributed by atoms with Gasteiger partial charge in [0.1, 0.15) is 0 Å². The molecule has 0 spiro atoms. The van der Waals surface area contributed by atoms with E-state index in [0.29, 0.717) is 25.7 Å². The molecule has 0 heterocycles. The Morgan fingerprint density at radius 2 is 1.63 bits per heavy atom. The van der Waals surface area contributed by atoms with Gasteiger partial charge in [0.15, 0.2) is 0 Å². The zero-order valence-electron chi connectivity index (χ0n) is 23.2. The third-order valence-electron chi connectivity index (χ3n) is 12.4. The summed E-state index contributed by atoms with van der Waals surface area (Å²) in [5.74, 6) is 0.00607. The van der Waals surface area contributed by atoms with Crippen LogP contribution in [0.5, 0.6) is 0 Å². The summed E-state index contributed by atoms with van der Waals surface area (Å²) in [6.07, 6.45) is 6.50. The molecule has 4 aliphatic rings. The molecule has 0 saturated heterocycles. The molecule has 0 bridgehead atoms. The SMILES string of the molecule is CC(C)=CCC[C@](C)(O)[C@H]1CC[C@]2(C)[C@@H]1[C@H](O)C[C@@H]1[C@@]3(C)CC[C@H](O)[C@@](C)(CO)[C@@H]3[C@@H](O)C[C@]12C. The standard InChI is InChI=1S/C30H52O5/c1-18(2)9-8-12-30(7,35)19-10-14-28(5)24(19)20(32)15-22-26(3)13-11-23(34)27(4,17-31)25(26)21(33)16-29(22,28)6/h9,19-25,31-35H,8,10-17H2,1-7H3/t19-,20+,21-,22+,23-,24-,25+,26+,27+,28+,29+,30-/m0/s1. The van der Waals surface area contributed by atoms with Gasteiger partial charge in [-0.25, -0.2) is 0 Å². The van der Waals surface area contributed by atoms with E-state index in [4.69, 9.17) is 0 Å². The van der Waals surface area contributed by atoms with Crippen LogP contribution in [0.4, 0.5) is 0 Å². The van der Waals surface area contributed by atoms with Crippen LogP contribution in [-0.4, -0.2) is 56.1 Å². The molecule has 12 atom stereocenters. The Morgan fingerprint density at radius 3 is 2.23 bits per heavy atom. The van der Waals surface area contributed by atoms with E-state index >= 15 is 0 Å². The highest BCUT2D eigenvalue weighted by Gasteiger charge is 2.73. The lowest BCUT2D eigenvalue weighted by atomic mass is 9.34. The zero-order valence-corrected chi connectivity index (χ0v) is 23.2. The molecule has 0 aromatic rings. The molecule has 202 valence electrons. The van der Waals surface area contributed by atoms with E-state index in [1.54, 1.807) is 0 Å². The van der Waals surface area contributed by atoms with Gasteiger partial charge in [-0.15, -0.1) is 0 Å². The molecule has 4 rings (SSSR count). The van der Waals surface area contributed by atoms with Crippen LogP contribution < -0.4 is 0 Å². The third-order valence-corrected chi connectivity index (χ3v) is 12.4. The summed E-state index contributed by atoms with van der Waals surface area (Å²) in [5, 5.41) is 56.4. The van der Waals surface area contributed by atoms with E-state index in [9.17, 15) is 25.5 Å². The molecule has 5 heteroatoms. The van der Waals surface area contributed by atoms with Crippen LogP contribution in [0.3, 0.4) is 0 Å². The quantitative estimate of drug-likeness (QED) is 0.365. The van der Waals surface area contributed by atoms with Crippen molar-refractivity contribution in [2.45, 2.75) is 124 Å². The second kappa shape index (κ2) is 8.80. The van der Waals surface area contributed by atoms with E-state index in [1.807, 2.05) is 13.8 Å². The Morgan fingerprint density at radius 1 is 0.971 bits per heavy atom. The monoisotopic (exact) mass is 492 g/mol. The van der Waals surface area contributed by atoms with Crippen molar-refractivity contribution in [2.75, 3.05) is 6.61 Å². The molecule has 0 amide bonds. The first kappa shape index (κ1) is 27.6. The van der Waals surface area contributed by atoms with E-state index in [0.717, 1.165) is 25.7 Å². The number of aliphatic hydroxyl groups excluding tert-OH is 4. The lowest BCUT2D eigenvalue weighted by Crippen LogP contribution is -2.70. The summed E-state index contributed by atoms with van der Waals surface area (Å²) < 4.78 is 0. The first-order valence-corrected chi connectivity index (χ1v) is 14.1. The largest absolute Gasteiger partial charge is 0.396 e. The fourth-order valence-electron chi connectivity index (χ4n) is 10.5. The maximum absolute atomic E-state index is 11.8. The topological polar surface area (TPSA) is 101 Å². The molecule has 35 heavy (non-hydrogen) atoms. The van der Waals surface area contributed by atoms with Crippen molar-refractivity contribution in [3.05, 3.63) is 11.6 Å². The number of aliphatic hydroxyl groups is 5. The van der Waals surface area contributed by atoms with Gasteiger partial charge in [-0.3, -0.25) is 0 Å². The van der Waals surface area contributed by atoms with Gasteiger partial charge in [0.05, 0.1) is 30.5 Å². The molecule has 0 aromatic carbocycles. The maximum Gasteiger partial charge on any atom is 0.0654 e. The lowest BCUT2D eigenvalue weighted by molar-refractivity contribution is -0.280. The highest BCUT2D eigenvalue weighted by Crippen LogP contribution is 2.75. The van der Waals surface area contributed by atoms with Crippen LogP contribution in [0.15, 0.2) is 11.6 Å². The molecule has 5 N–H and O–H groups in total. The van der Waals surface area contributed by atoms with Gasteiger partial charge < -0.3 is 25.5 Å². The van der Waals surface area contributed by atoms with Crippen LogP contribution in [0.2, 0.25) is 0 Å². The van der Waals surface area contributed by atoms with Crippen LogP contribution in [-0.2, 0) is 0 Å². The Balaban J connectivity index is 1.71. The van der Waals surface area contributed by atoms with Gasteiger partial charge in [-0.1, -0.05) is 39.3 Å². The van der Waals surface area contributed by atoms with E-state index in [-0.39, 0.29) is 46.5 Å². The predicted octanol–water partition coefficient (Wildman–Crippen LogP) is 4.44. The van der Waals surface area contributed by atoms with Gasteiger partial charge in [0.2, 0.25) is 0 Å². The third kappa shape index (κ3) is 3.81. The second-order valence-corrected chi connectivity index (χ2v) is 14.5. The number of hydrogen-bond acceptors (Lipinski definition) is 5.